The highest BCUT2D eigenvalue weighted by Crippen LogP contribution is 2.42. The molecule has 2 N–H and O–H groups in total. The molecule has 1 aliphatic heterocycles. The summed E-state index contributed by atoms with van der Waals surface area (Å²) in [4.78, 5) is 42.6. The first kappa shape index (κ1) is 25.2. The number of sulfone groups is 1. The number of likely N-dealkylation sites (tertiary alicyclic amines) is 1. The molecule has 0 aliphatic carbocycles. The predicted octanol–water partition coefficient (Wildman–Crippen LogP) is 2.18. The molecule has 3 unspecified atom stereocenters. The number of alkyl carbamates (subject to hydrolysis) is 1. The van der Waals surface area contributed by atoms with E-state index in [-0.39, 0.29) is 17.0 Å². The number of rotatable bonds is 6. The third-order valence-electron chi connectivity index (χ3n) is 5.26. The molecule has 1 aliphatic rings. The van der Waals surface area contributed by atoms with E-state index in [9.17, 15) is 27.9 Å². The molecular formula is C23H27N3O7S. The van der Waals surface area contributed by atoms with Crippen molar-refractivity contribution in [1.82, 2.24) is 15.2 Å². The van der Waals surface area contributed by atoms with Gasteiger partial charge in [0.05, 0.1) is 21.9 Å². The normalized spacial score (nSPS) is 20.6. The third-order valence-corrected chi connectivity index (χ3v) is 7.44. The SMILES string of the molecule is CC(C)(C)OC(=O)NCC(=O)N1C(C(=O)O)CC(S(=O)(=O)c2ccccc2)C1c1ccccn1. The summed E-state index contributed by atoms with van der Waals surface area (Å²) >= 11 is 0. The monoisotopic (exact) mass is 489 g/mol. The number of nitrogens with one attached hydrogen (secondary N) is 1. The highest BCUT2D eigenvalue weighted by atomic mass is 32.2. The number of hydrogen-bond acceptors (Lipinski definition) is 7. The number of amides is 2. The maximum atomic E-state index is 13.5. The summed E-state index contributed by atoms with van der Waals surface area (Å²) in [5.74, 6) is -2.11. The Morgan fingerprint density at radius 1 is 1.12 bits per heavy atom. The van der Waals surface area contributed by atoms with Crippen molar-refractivity contribution in [3.63, 3.8) is 0 Å². The predicted molar refractivity (Wildman–Crippen MR) is 122 cm³/mol. The first-order valence-electron chi connectivity index (χ1n) is 10.6. The number of carbonyl (C=O) groups is 3. The maximum absolute atomic E-state index is 13.5. The van der Waals surface area contributed by atoms with Gasteiger partial charge in [0, 0.05) is 6.20 Å². The second-order valence-electron chi connectivity index (χ2n) is 8.84. The van der Waals surface area contributed by atoms with Gasteiger partial charge in [-0.25, -0.2) is 18.0 Å². The highest BCUT2D eigenvalue weighted by Gasteiger charge is 2.53. The van der Waals surface area contributed by atoms with Crippen LogP contribution < -0.4 is 5.32 Å². The van der Waals surface area contributed by atoms with E-state index in [1.165, 1.54) is 18.3 Å². The van der Waals surface area contributed by atoms with Gasteiger partial charge in [-0.2, -0.15) is 0 Å². The lowest BCUT2D eigenvalue weighted by Gasteiger charge is -2.30. The second kappa shape index (κ2) is 9.80. The largest absolute Gasteiger partial charge is 0.480 e. The zero-order valence-corrected chi connectivity index (χ0v) is 19.9. The van der Waals surface area contributed by atoms with Gasteiger partial charge in [0.1, 0.15) is 18.2 Å². The first-order chi connectivity index (χ1) is 15.9. The minimum absolute atomic E-state index is 0.0197. The van der Waals surface area contributed by atoms with Crippen molar-refractivity contribution in [2.24, 2.45) is 0 Å². The molecule has 3 rings (SSSR count). The first-order valence-corrected chi connectivity index (χ1v) is 12.2. The molecule has 2 amide bonds. The lowest BCUT2D eigenvalue weighted by molar-refractivity contribution is -0.149. The molecule has 0 radical (unpaired) electrons. The van der Waals surface area contributed by atoms with Crippen LogP contribution in [0.15, 0.2) is 59.6 Å². The molecule has 0 spiro atoms. The van der Waals surface area contributed by atoms with Crippen molar-refractivity contribution in [3.8, 4) is 0 Å². The average Bonchev–Trinajstić information content (AvgIpc) is 3.19. The van der Waals surface area contributed by atoms with Crippen LogP contribution in [0.4, 0.5) is 4.79 Å². The number of benzene rings is 1. The molecule has 0 bridgehead atoms. The Morgan fingerprint density at radius 3 is 2.32 bits per heavy atom. The molecule has 2 aromatic rings. The van der Waals surface area contributed by atoms with E-state index in [0.29, 0.717) is 0 Å². The zero-order valence-electron chi connectivity index (χ0n) is 19.0. The molecule has 34 heavy (non-hydrogen) atoms. The molecule has 1 aromatic heterocycles. The molecule has 1 fully saturated rings. The standard InChI is InChI=1S/C23H27N3O7S/c1-23(2,3)33-22(30)25-14-19(27)26-17(21(28)29)13-18(20(26)16-11-7-8-12-24-16)34(31,32)15-9-5-4-6-10-15/h4-12,17-18,20H,13-14H2,1-3H3,(H,25,30)(H,28,29). The molecule has 3 atom stereocenters. The third kappa shape index (κ3) is 5.53. The zero-order chi connectivity index (χ0) is 25.1. The van der Waals surface area contributed by atoms with E-state index in [1.807, 2.05) is 0 Å². The average molecular weight is 490 g/mol. The van der Waals surface area contributed by atoms with Crippen molar-refractivity contribution in [1.29, 1.82) is 0 Å². The lowest BCUT2D eigenvalue weighted by atomic mass is 10.1. The number of pyridine rings is 1. The number of hydrogen-bond donors (Lipinski definition) is 2. The van der Waals surface area contributed by atoms with Crippen LogP contribution in [0.5, 0.6) is 0 Å². The van der Waals surface area contributed by atoms with Gasteiger partial charge in [0.2, 0.25) is 5.91 Å². The maximum Gasteiger partial charge on any atom is 0.408 e. The van der Waals surface area contributed by atoms with Gasteiger partial charge < -0.3 is 20.1 Å². The van der Waals surface area contributed by atoms with Crippen molar-refractivity contribution >= 4 is 27.8 Å². The highest BCUT2D eigenvalue weighted by molar-refractivity contribution is 7.92. The van der Waals surface area contributed by atoms with Gasteiger partial charge in [-0.1, -0.05) is 24.3 Å². The molecule has 182 valence electrons. The number of aromatic nitrogens is 1. The molecule has 0 saturated carbocycles. The van der Waals surface area contributed by atoms with Crippen LogP contribution in [-0.4, -0.2) is 64.8 Å². The van der Waals surface area contributed by atoms with Crippen LogP contribution in [0.1, 0.15) is 38.9 Å². The Hall–Kier alpha value is -3.47. The molecule has 2 heterocycles. The smallest absolute Gasteiger partial charge is 0.408 e. The molecule has 10 nitrogen and oxygen atoms in total. The topological polar surface area (TPSA) is 143 Å². The van der Waals surface area contributed by atoms with E-state index in [1.54, 1.807) is 57.2 Å². The fourth-order valence-electron chi connectivity index (χ4n) is 3.90. The van der Waals surface area contributed by atoms with Crippen molar-refractivity contribution in [3.05, 3.63) is 60.4 Å². The molecular weight excluding hydrogens is 462 g/mol. The van der Waals surface area contributed by atoms with Crippen LogP contribution in [0.25, 0.3) is 0 Å². The molecule has 1 saturated heterocycles. The quantitative estimate of drug-likeness (QED) is 0.628. The number of ether oxygens (including phenoxy) is 1. The second-order valence-corrected chi connectivity index (χ2v) is 11.0. The Morgan fingerprint density at radius 2 is 1.76 bits per heavy atom. The van der Waals surface area contributed by atoms with Crippen molar-refractivity contribution in [2.45, 2.75) is 55.0 Å². The van der Waals surface area contributed by atoms with Crippen LogP contribution in [-0.2, 0) is 24.2 Å². The van der Waals surface area contributed by atoms with Crippen LogP contribution in [0.2, 0.25) is 0 Å². The van der Waals surface area contributed by atoms with Gasteiger partial charge in [0.25, 0.3) is 0 Å². The Kier molecular flexibility index (Phi) is 7.25. The Bertz CT molecular complexity index is 1150. The van der Waals surface area contributed by atoms with Gasteiger partial charge in [-0.3, -0.25) is 9.78 Å². The molecule has 1 aromatic carbocycles. The Labute approximate surface area is 197 Å². The fourth-order valence-corrected chi connectivity index (χ4v) is 5.83. The van der Waals surface area contributed by atoms with Crippen LogP contribution in [0.3, 0.4) is 0 Å². The van der Waals surface area contributed by atoms with E-state index in [0.717, 1.165) is 4.90 Å². The number of carboxylic acids is 1. The number of carbonyl (C=O) groups excluding carboxylic acids is 2. The van der Waals surface area contributed by atoms with E-state index in [4.69, 9.17) is 4.74 Å². The summed E-state index contributed by atoms with van der Waals surface area (Å²) in [5.41, 5.74) is -0.559. The minimum atomic E-state index is -4.03. The van der Waals surface area contributed by atoms with Gasteiger partial charge >= 0.3 is 12.1 Å². The van der Waals surface area contributed by atoms with E-state index >= 15 is 0 Å². The summed E-state index contributed by atoms with van der Waals surface area (Å²) in [6, 6.07) is 9.87. The Balaban J connectivity index is 1.99. The summed E-state index contributed by atoms with van der Waals surface area (Å²) in [6.45, 7) is 4.41. The van der Waals surface area contributed by atoms with Gasteiger partial charge in [0.15, 0.2) is 9.84 Å². The van der Waals surface area contributed by atoms with Crippen molar-refractivity contribution < 1.29 is 32.6 Å². The number of aliphatic carboxylic acids is 1. The molecule has 11 heteroatoms. The summed E-state index contributed by atoms with van der Waals surface area (Å²) in [6.07, 6.45) is 0.262. The number of carboxylic acid groups (broad SMARTS) is 1. The summed E-state index contributed by atoms with van der Waals surface area (Å²) in [7, 11) is -4.03. The van der Waals surface area contributed by atoms with E-state index in [2.05, 4.69) is 10.3 Å². The lowest BCUT2D eigenvalue weighted by Crippen LogP contribution is -2.47. The summed E-state index contributed by atoms with van der Waals surface area (Å²) in [5, 5.41) is 10.9. The van der Waals surface area contributed by atoms with Gasteiger partial charge in [-0.15, -0.1) is 0 Å². The fraction of sp³-hybridized carbons (Fsp3) is 0.391. The van der Waals surface area contributed by atoms with Crippen molar-refractivity contribution in [2.75, 3.05) is 6.54 Å². The van der Waals surface area contributed by atoms with Crippen LogP contribution >= 0.6 is 0 Å². The minimum Gasteiger partial charge on any atom is -0.480 e. The number of nitrogens with zero attached hydrogens (tertiary/aromatic N) is 2. The summed E-state index contributed by atoms with van der Waals surface area (Å²) < 4.78 is 32.2. The van der Waals surface area contributed by atoms with Crippen LogP contribution in [0, 0.1) is 0 Å². The van der Waals surface area contributed by atoms with Gasteiger partial charge in [-0.05, 0) is 51.5 Å². The van der Waals surface area contributed by atoms with E-state index < -0.39 is 57.3 Å².